The third-order valence-electron chi connectivity index (χ3n) is 5.26. The molecule has 2 aromatic heterocycles. The molecule has 0 bridgehead atoms. The van der Waals surface area contributed by atoms with Crippen molar-refractivity contribution in [2.45, 2.75) is 31.7 Å². The fourth-order valence-corrected chi connectivity index (χ4v) is 3.74. The molecule has 0 atom stereocenters. The highest BCUT2D eigenvalue weighted by Crippen LogP contribution is 2.26. The van der Waals surface area contributed by atoms with Crippen LogP contribution < -0.4 is 5.69 Å². The first-order valence-corrected chi connectivity index (χ1v) is 9.56. The highest BCUT2D eigenvalue weighted by atomic mass is 16.2. The monoisotopic (exact) mass is 377 g/mol. The van der Waals surface area contributed by atoms with Crippen LogP contribution in [0.5, 0.6) is 0 Å². The molecule has 0 radical (unpaired) electrons. The van der Waals surface area contributed by atoms with E-state index in [2.05, 4.69) is 15.2 Å². The van der Waals surface area contributed by atoms with Gasteiger partial charge in [0.15, 0.2) is 0 Å². The Hall–Kier alpha value is -3.22. The van der Waals surface area contributed by atoms with Gasteiger partial charge in [0, 0.05) is 31.4 Å². The van der Waals surface area contributed by atoms with E-state index in [1.165, 1.54) is 0 Å². The predicted octanol–water partition coefficient (Wildman–Crippen LogP) is 1.96. The summed E-state index contributed by atoms with van der Waals surface area (Å²) in [6.07, 6.45) is 5.42. The summed E-state index contributed by atoms with van der Waals surface area (Å²) in [5, 5.41) is 6.88. The molecule has 0 spiro atoms. The van der Waals surface area contributed by atoms with Gasteiger partial charge in [0.05, 0.1) is 13.0 Å². The lowest BCUT2D eigenvalue weighted by atomic mass is 9.95. The van der Waals surface area contributed by atoms with E-state index >= 15 is 0 Å². The molecule has 3 heterocycles. The number of aromatic amines is 1. The zero-order chi connectivity index (χ0) is 19.3. The number of aromatic nitrogens is 4. The summed E-state index contributed by atoms with van der Waals surface area (Å²) in [6.45, 7) is 1.86. The number of pyridine rings is 1. The van der Waals surface area contributed by atoms with E-state index in [-0.39, 0.29) is 17.5 Å². The van der Waals surface area contributed by atoms with E-state index in [0.29, 0.717) is 26.1 Å². The summed E-state index contributed by atoms with van der Waals surface area (Å²) >= 11 is 0. The smallest absolute Gasteiger partial charge is 0.342 e. The molecule has 144 valence electrons. The van der Waals surface area contributed by atoms with Crippen LogP contribution in [0, 0.1) is 0 Å². The number of rotatable bonds is 5. The van der Waals surface area contributed by atoms with Gasteiger partial charge in [-0.05, 0) is 30.0 Å². The van der Waals surface area contributed by atoms with Crippen molar-refractivity contribution in [1.82, 2.24) is 24.6 Å². The van der Waals surface area contributed by atoms with E-state index in [1.807, 2.05) is 47.4 Å². The maximum atomic E-state index is 12.5. The Morgan fingerprint density at radius 3 is 2.54 bits per heavy atom. The average molecular weight is 377 g/mol. The first-order valence-electron chi connectivity index (χ1n) is 9.56. The van der Waals surface area contributed by atoms with Gasteiger partial charge in [-0.25, -0.2) is 9.89 Å². The highest BCUT2D eigenvalue weighted by molar-refractivity contribution is 5.78. The number of hydrogen-bond acceptors (Lipinski definition) is 4. The number of amides is 1. The number of likely N-dealkylation sites (tertiary alicyclic amines) is 1. The third kappa shape index (κ3) is 4.03. The standard InChI is InChI=1S/C21H23N5O2/c27-19(13-17-7-4-10-22-14-17)25-11-8-18(9-12-25)20-23-24-21(28)26(20)15-16-5-2-1-3-6-16/h1-7,10,14,18H,8-9,11-13,15H2,(H,24,28). The summed E-state index contributed by atoms with van der Waals surface area (Å²) in [6, 6.07) is 13.7. The fourth-order valence-electron chi connectivity index (χ4n) is 3.74. The molecule has 1 aliphatic heterocycles. The number of carbonyl (C=O) groups excluding carboxylic acids is 1. The van der Waals surface area contributed by atoms with Crippen LogP contribution in [0.1, 0.15) is 35.7 Å². The van der Waals surface area contributed by atoms with Crippen molar-refractivity contribution >= 4 is 5.91 Å². The first kappa shape index (κ1) is 18.2. The number of nitrogens with one attached hydrogen (secondary N) is 1. The predicted molar refractivity (Wildman–Crippen MR) is 105 cm³/mol. The van der Waals surface area contributed by atoms with Gasteiger partial charge in [0.1, 0.15) is 5.82 Å². The lowest BCUT2D eigenvalue weighted by Crippen LogP contribution is -2.39. The maximum absolute atomic E-state index is 12.5. The molecule has 1 fully saturated rings. The summed E-state index contributed by atoms with van der Waals surface area (Å²) in [5.74, 6) is 1.08. The van der Waals surface area contributed by atoms with Gasteiger partial charge in [0.25, 0.3) is 0 Å². The Balaban J connectivity index is 1.40. The average Bonchev–Trinajstić information content (AvgIpc) is 3.10. The highest BCUT2D eigenvalue weighted by Gasteiger charge is 2.27. The summed E-state index contributed by atoms with van der Waals surface area (Å²) in [7, 11) is 0. The normalized spacial score (nSPS) is 14.9. The third-order valence-corrected chi connectivity index (χ3v) is 5.26. The maximum Gasteiger partial charge on any atom is 0.343 e. The van der Waals surface area contributed by atoms with Crippen molar-refractivity contribution in [2.75, 3.05) is 13.1 Å². The summed E-state index contributed by atoms with van der Waals surface area (Å²) < 4.78 is 1.72. The second kappa shape index (κ2) is 8.21. The van der Waals surface area contributed by atoms with Crippen molar-refractivity contribution < 1.29 is 4.79 Å². The Bertz CT molecular complexity index is 973. The molecule has 3 aromatic rings. The van der Waals surface area contributed by atoms with Crippen LogP contribution in [0.4, 0.5) is 0 Å². The Kier molecular flexibility index (Phi) is 5.32. The van der Waals surface area contributed by atoms with E-state index in [9.17, 15) is 9.59 Å². The van der Waals surface area contributed by atoms with Gasteiger partial charge < -0.3 is 4.90 Å². The number of H-pyrrole nitrogens is 1. The van der Waals surface area contributed by atoms with Crippen LogP contribution in [-0.2, 0) is 17.8 Å². The number of benzene rings is 1. The van der Waals surface area contributed by atoms with Gasteiger partial charge in [-0.2, -0.15) is 5.10 Å². The molecule has 4 rings (SSSR count). The van der Waals surface area contributed by atoms with Gasteiger partial charge >= 0.3 is 5.69 Å². The lowest BCUT2D eigenvalue weighted by molar-refractivity contribution is -0.131. The summed E-state index contributed by atoms with van der Waals surface area (Å²) in [4.78, 5) is 30.7. The SMILES string of the molecule is O=C(Cc1cccnc1)N1CCC(c2n[nH]c(=O)n2Cc2ccccc2)CC1. The minimum Gasteiger partial charge on any atom is -0.342 e. The molecule has 7 heteroatoms. The van der Waals surface area contributed by atoms with Crippen LogP contribution in [-0.4, -0.2) is 43.6 Å². The molecule has 0 aliphatic carbocycles. The Morgan fingerprint density at radius 2 is 1.82 bits per heavy atom. The second-order valence-electron chi connectivity index (χ2n) is 7.15. The largest absolute Gasteiger partial charge is 0.343 e. The quantitative estimate of drug-likeness (QED) is 0.737. The zero-order valence-electron chi connectivity index (χ0n) is 15.6. The molecule has 1 saturated heterocycles. The second-order valence-corrected chi connectivity index (χ2v) is 7.15. The van der Waals surface area contributed by atoms with Crippen LogP contribution in [0.2, 0.25) is 0 Å². The van der Waals surface area contributed by atoms with E-state index in [4.69, 9.17) is 0 Å². The van der Waals surface area contributed by atoms with Gasteiger partial charge in [-0.15, -0.1) is 0 Å². The van der Waals surface area contributed by atoms with Crippen molar-refractivity contribution in [2.24, 2.45) is 0 Å². The zero-order valence-corrected chi connectivity index (χ0v) is 15.6. The van der Waals surface area contributed by atoms with Gasteiger partial charge in [-0.3, -0.25) is 14.3 Å². The number of carbonyl (C=O) groups is 1. The first-order chi connectivity index (χ1) is 13.7. The number of piperidine rings is 1. The molecule has 7 nitrogen and oxygen atoms in total. The van der Waals surface area contributed by atoms with E-state index in [0.717, 1.165) is 29.8 Å². The Morgan fingerprint density at radius 1 is 1.07 bits per heavy atom. The molecule has 1 aromatic carbocycles. The molecular weight excluding hydrogens is 354 g/mol. The molecule has 1 aliphatic rings. The molecule has 1 amide bonds. The van der Waals surface area contributed by atoms with Crippen LogP contribution >= 0.6 is 0 Å². The number of hydrogen-bond donors (Lipinski definition) is 1. The van der Waals surface area contributed by atoms with Gasteiger partial charge in [-0.1, -0.05) is 36.4 Å². The molecular formula is C21H23N5O2. The van der Waals surface area contributed by atoms with Crippen LogP contribution in [0.15, 0.2) is 59.7 Å². The van der Waals surface area contributed by atoms with Crippen molar-refractivity contribution in [1.29, 1.82) is 0 Å². The van der Waals surface area contributed by atoms with Crippen molar-refractivity contribution in [3.8, 4) is 0 Å². The topological polar surface area (TPSA) is 83.9 Å². The molecule has 0 unspecified atom stereocenters. The van der Waals surface area contributed by atoms with Crippen LogP contribution in [0.25, 0.3) is 0 Å². The van der Waals surface area contributed by atoms with Gasteiger partial charge in [0.2, 0.25) is 5.91 Å². The molecule has 1 N–H and O–H groups in total. The number of nitrogens with zero attached hydrogens (tertiary/aromatic N) is 4. The molecule has 28 heavy (non-hydrogen) atoms. The Labute approximate surface area is 163 Å². The molecule has 0 saturated carbocycles. The van der Waals surface area contributed by atoms with E-state index < -0.39 is 0 Å². The van der Waals surface area contributed by atoms with Crippen molar-refractivity contribution in [3.05, 3.63) is 82.3 Å². The minimum atomic E-state index is -0.186. The minimum absolute atomic E-state index is 0.121. The van der Waals surface area contributed by atoms with E-state index in [1.54, 1.807) is 17.0 Å². The summed E-state index contributed by atoms with van der Waals surface area (Å²) in [5.41, 5.74) is 1.81. The van der Waals surface area contributed by atoms with Crippen molar-refractivity contribution in [3.63, 3.8) is 0 Å². The lowest BCUT2D eigenvalue weighted by Gasteiger charge is -2.31. The fraction of sp³-hybridized carbons (Fsp3) is 0.333. The van der Waals surface area contributed by atoms with Crippen LogP contribution in [0.3, 0.4) is 0 Å².